The zero-order valence-corrected chi connectivity index (χ0v) is 14.9. The number of hydrogen-bond acceptors (Lipinski definition) is 5. The third kappa shape index (κ3) is 4.33. The van der Waals surface area contributed by atoms with Gasteiger partial charge >= 0.3 is 0 Å². The van der Waals surface area contributed by atoms with E-state index in [0.717, 1.165) is 5.56 Å². The fourth-order valence-corrected chi connectivity index (χ4v) is 3.02. The molecular weight excluding hydrogens is 324 g/mol. The van der Waals surface area contributed by atoms with Gasteiger partial charge in [-0.15, -0.1) is 0 Å². The number of fused-ring (bicyclic) bond motifs is 1. The van der Waals surface area contributed by atoms with Crippen LogP contribution in [0.25, 0.3) is 0 Å². The van der Waals surface area contributed by atoms with Gasteiger partial charge < -0.3 is 9.80 Å². The van der Waals surface area contributed by atoms with Gasteiger partial charge in [0.05, 0.1) is 23.7 Å². The Bertz CT molecular complexity index is 673. The van der Waals surface area contributed by atoms with Crippen molar-refractivity contribution in [3.05, 3.63) is 33.9 Å². The molecule has 136 valence electrons. The topological polar surface area (TPSA) is 87.0 Å². The van der Waals surface area contributed by atoms with Crippen molar-refractivity contribution in [2.75, 3.05) is 44.7 Å². The van der Waals surface area contributed by atoms with Crippen molar-refractivity contribution in [2.45, 2.75) is 20.3 Å². The van der Waals surface area contributed by atoms with Gasteiger partial charge in [0.1, 0.15) is 0 Å². The van der Waals surface area contributed by atoms with Crippen LogP contribution in [-0.4, -0.2) is 66.3 Å². The van der Waals surface area contributed by atoms with Crippen molar-refractivity contribution in [2.24, 2.45) is 0 Å². The molecule has 0 unspecified atom stereocenters. The van der Waals surface area contributed by atoms with E-state index < -0.39 is 4.92 Å². The maximum atomic E-state index is 12.6. The first-order valence-electron chi connectivity index (χ1n) is 8.41. The lowest BCUT2D eigenvalue weighted by molar-refractivity contribution is -0.384. The lowest BCUT2D eigenvalue weighted by atomic mass is 10.1. The molecule has 0 radical (unpaired) electrons. The molecule has 1 aromatic rings. The Balaban J connectivity index is 2.02. The first-order chi connectivity index (χ1) is 11.9. The van der Waals surface area contributed by atoms with Crippen LogP contribution in [0.15, 0.2) is 18.2 Å². The molecule has 0 N–H and O–H groups in total. The van der Waals surface area contributed by atoms with E-state index in [0.29, 0.717) is 31.7 Å². The Hall–Kier alpha value is -2.48. The number of nitro benzene ring substituents is 1. The highest BCUT2D eigenvalue weighted by atomic mass is 16.6. The molecule has 25 heavy (non-hydrogen) atoms. The molecule has 0 atom stereocenters. The van der Waals surface area contributed by atoms with Crippen LogP contribution < -0.4 is 4.90 Å². The second-order valence-electron chi connectivity index (χ2n) is 6.10. The van der Waals surface area contributed by atoms with Crippen molar-refractivity contribution in [3.63, 3.8) is 0 Å². The number of nitro groups is 1. The second kappa shape index (κ2) is 8.06. The van der Waals surface area contributed by atoms with Crippen LogP contribution >= 0.6 is 0 Å². The summed E-state index contributed by atoms with van der Waals surface area (Å²) in [6.07, 6.45) is 0.682. The van der Waals surface area contributed by atoms with E-state index in [2.05, 4.69) is 0 Å². The number of carbonyl (C=O) groups excluding carboxylic acids is 2. The number of amides is 2. The number of hydrogen-bond donors (Lipinski definition) is 0. The Labute approximate surface area is 147 Å². The Morgan fingerprint density at radius 2 is 1.92 bits per heavy atom. The summed E-state index contributed by atoms with van der Waals surface area (Å²) in [6, 6.07) is 4.61. The molecule has 8 nitrogen and oxygen atoms in total. The summed E-state index contributed by atoms with van der Waals surface area (Å²) in [6.45, 7) is 5.88. The summed E-state index contributed by atoms with van der Waals surface area (Å²) < 4.78 is 0. The van der Waals surface area contributed by atoms with Crippen LogP contribution in [0.4, 0.5) is 11.4 Å². The molecule has 2 rings (SSSR count). The highest BCUT2D eigenvalue weighted by Crippen LogP contribution is 2.31. The zero-order valence-electron chi connectivity index (χ0n) is 14.9. The van der Waals surface area contributed by atoms with Crippen molar-refractivity contribution in [1.29, 1.82) is 0 Å². The van der Waals surface area contributed by atoms with Crippen LogP contribution in [-0.2, 0) is 16.0 Å². The van der Waals surface area contributed by atoms with Gasteiger partial charge in [0.25, 0.3) is 5.69 Å². The fourth-order valence-electron chi connectivity index (χ4n) is 3.02. The maximum absolute atomic E-state index is 12.6. The normalized spacial score (nSPS) is 13.0. The van der Waals surface area contributed by atoms with Crippen molar-refractivity contribution in [1.82, 2.24) is 9.80 Å². The lowest BCUT2D eigenvalue weighted by Gasteiger charge is -2.24. The molecule has 0 aliphatic carbocycles. The van der Waals surface area contributed by atoms with Gasteiger partial charge in [0.15, 0.2) is 0 Å². The van der Waals surface area contributed by atoms with Crippen molar-refractivity contribution < 1.29 is 14.5 Å². The molecule has 0 saturated heterocycles. The number of anilines is 1. The molecule has 0 bridgehead atoms. The van der Waals surface area contributed by atoms with Crippen LogP contribution in [0.2, 0.25) is 0 Å². The summed E-state index contributed by atoms with van der Waals surface area (Å²) in [5, 5.41) is 10.9. The quantitative estimate of drug-likeness (QED) is 0.547. The molecule has 1 heterocycles. The molecule has 2 amide bonds. The molecule has 8 heteroatoms. The van der Waals surface area contributed by atoms with E-state index in [4.69, 9.17) is 0 Å². The van der Waals surface area contributed by atoms with E-state index in [-0.39, 0.29) is 30.6 Å². The first-order valence-corrected chi connectivity index (χ1v) is 8.41. The minimum absolute atomic E-state index is 0.0160. The average molecular weight is 348 g/mol. The van der Waals surface area contributed by atoms with E-state index >= 15 is 0 Å². The summed E-state index contributed by atoms with van der Waals surface area (Å²) in [5.41, 5.74) is 1.51. The predicted octanol–water partition coefficient (Wildman–Crippen LogP) is 1.28. The van der Waals surface area contributed by atoms with E-state index in [9.17, 15) is 19.7 Å². The summed E-state index contributed by atoms with van der Waals surface area (Å²) in [7, 11) is 1.73. The largest absolute Gasteiger partial charge is 0.342 e. The maximum Gasteiger partial charge on any atom is 0.271 e. The Morgan fingerprint density at radius 3 is 2.52 bits per heavy atom. The van der Waals surface area contributed by atoms with Crippen LogP contribution in [0.1, 0.15) is 19.4 Å². The number of non-ortho nitro benzene ring substituents is 1. The van der Waals surface area contributed by atoms with Gasteiger partial charge in [-0.1, -0.05) is 6.07 Å². The van der Waals surface area contributed by atoms with Gasteiger partial charge in [-0.25, -0.2) is 0 Å². The molecule has 0 aromatic heterocycles. The Morgan fingerprint density at radius 1 is 1.24 bits per heavy atom. The standard InChI is InChI=1S/C17H24N4O4/c1-4-19(5-2)16(22)11-18(3)12-17(23)20-9-8-13-6-7-14(21(24)25)10-15(13)20/h6-7,10H,4-5,8-9,11-12H2,1-3H3. The molecule has 0 spiro atoms. The zero-order chi connectivity index (χ0) is 18.6. The van der Waals surface area contributed by atoms with Crippen LogP contribution in [0.5, 0.6) is 0 Å². The molecule has 0 fully saturated rings. The molecule has 1 aliphatic rings. The number of nitrogens with zero attached hydrogens (tertiary/aromatic N) is 4. The second-order valence-corrected chi connectivity index (χ2v) is 6.10. The van der Waals surface area contributed by atoms with Crippen molar-refractivity contribution in [3.8, 4) is 0 Å². The minimum atomic E-state index is -0.462. The van der Waals surface area contributed by atoms with Gasteiger partial charge in [-0.05, 0) is 32.9 Å². The molecule has 1 aromatic carbocycles. The highest BCUT2D eigenvalue weighted by molar-refractivity contribution is 5.97. The monoisotopic (exact) mass is 348 g/mol. The molecular formula is C17H24N4O4. The van der Waals surface area contributed by atoms with Gasteiger partial charge in [-0.2, -0.15) is 0 Å². The average Bonchev–Trinajstić information content (AvgIpc) is 2.98. The fraction of sp³-hybridized carbons (Fsp3) is 0.529. The summed E-state index contributed by atoms with van der Waals surface area (Å²) in [4.78, 5) is 40.2. The minimum Gasteiger partial charge on any atom is -0.342 e. The third-order valence-electron chi connectivity index (χ3n) is 4.40. The highest BCUT2D eigenvalue weighted by Gasteiger charge is 2.27. The number of likely N-dealkylation sites (N-methyl/N-ethyl adjacent to an activating group) is 2. The van der Waals surface area contributed by atoms with E-state index in [1.165, 1.54) is 12.1 Å². The molecule has 1 aliphatic heterocycles. The van der Waals surface area contributed by atoms with Gasteiger partial charge in [0, 0.05) is 31.8 Å². The van der Waals surface area contributed by atoms with Crippen LogP contribution in [0.3, 0.4) is 0 Å². The van der Waals surface area contributed by atoms with Gasteiger partial charge in [-0.3, -0.25) is 24.6 Å². The first kappa shape index (κ1) is 18.9. The SMILES string of the molecule is CCN(CC)C(=O)CN(C)CC(=O)N1CCc2ccc([N+](=O)[O-])cc21. The smallest absolute Gasteiger partial charge is 0.271 e. The third-order valence-corrected chi connectivity index (χ3v) is 4.40. The van der Waals surface area contributed by atoms with E-state index in [1.807, 2.05) is 13.8 Å². The number of carbonyl (C=O) groups is 2. The van der Waals surface area contributed by atoms with Gasteiger partial charge in [0.2, 0.25) is 11.8 Å². The van der Waals surface area contributed by atoms with E-state index in [1.54, 1.807) is 27.8 Å². The predicted molar refractivity (Wildman–Crippen MR) is 94.6 cm³/mol. The number of rotatable bonds is 7. The lowest BCUT2D eigenvalue weighted by Crippen LogP contribution is -2.43. The number of benzene rings is 1. The van der Waals surface area contributed by atoms with Crippen LogP contribution in [0, 0.1) is 10.1 Å². The summed E-state index contributed by atoms with van der Waals surface area (Å²) in [5.74, 6) is -0.174. The Kier molecular flexibility index (Phi) is 6.08. The van der Waals surface area contributed by atoms with Crippen molar-refractivity contribution >= 4 is 23.2 Å². The summed E-state index contributed by atoms with van der Waals surface area (Å²) >= 11 is 0. The molecule has 0 saturated carbocycles.